The van der Waals surface area contributed by atoms with Gasteiger partial charge in [-0.2, -0.15) is 0 Å². The van der Waals surface area contributed by atoms with Gasteiger partial charge in [0.15, 0.2) is 0 Å². The maximum atomic E-state index is 5.84. The van der Waals surface area contributed by atoms with Crippen molar-refractivity contribution in [1.29, 1.82) is 0 Å². The first-order chi connectivity index (χ1) is 8.70. The quantitative estimate of drug-likeness (QED) is 0.879. The lowest BCUT2D eigenvalue weighted by Crippen LogP contribution is -2.29. The van der Waals surface area contributed by atoms with Crippen LogP contribution in [0, 0.1) is 6.92 Å². The largest absolute Gasteiger partial charge is 0.468 e. The number of likely N-dealkylation sites (N-methyl/N-ethyl adjacent to an activating group) is 1. The molecule has 1 aromatic carbocycles. The van der Waals surface area contributed by atoms with E-state index in [9.17, 15) is 0 Å². The summed E-state index contributed by atoms with van der Waals surface area (Å²) in [4.78, 5) is 2.21. The maximum Gasteiger partial charge on any atom is 0.122 e. The molecule has 2 rings (SSSR count). The minimum absolute atomic E-state index is 0.126. The van der Waals surface area contributed by atoms with Crippen LogP contribution in [0.4, 0.5) is 0 Å². The Kier molecular flexibility index (Phi) is 4.18. The van der Waals surface area contributed by atoms with E-state index >= 15 is 0 Å². The van der Waals surface area contributed by atoms with Gasteiger partial charge in [0.2, 0.25) is 0 Å². The summed E-state index contributed by atoms with van der Waals surface area (Å²) in [7, 11) is 2.07. The standard InChI is InChI=1S/C15H20N2O/c1-12-5-7-13(8-6-12)11-17(2)14(10-16)15-4-3-9-18-15/h3-9,14H,10-11,16H2,1-2H3. The summed E-state index contributed by atoms with van der Waals surface area (Å²) < 4.78 is 5.44. The van der Waals surface area contributed by atoms with Crippen molar-refractivity contribution in [2.24, 2.45) is 5.73 Å². The molecule has 0 bridgehead atoms. The summed E-state index contributed by atoms with van der Waals surface area (Å²) in [5, 5.41) is 0. The fourth-order valence-corrected chi connectivity index (χ4v) is 2.09. The van der Waals surface area contributed by atoms with E-state index in [1.807, 2.05) is 12.1 Å². The van der Waals surface area contributed by atoms with Crippen LogP contribution < -0.4 is 5.73 Å². The second-order valence-electron chi connectivity index (χ2n) is 4.67. The number of furan rings is 1. The maximum absolute atomic E-state index is 5.84. The lowest BCUT2D eigenvalue weighted by Gasteiger charge is -2.25. The van der Waals surface area contributed by atoms with E-state index in [4.69, 9.17) is 10.2 Å². The van der Waals surface area contributed by atoms with Gasteiger partial charge in [-0.1, -0.05) is 29.8 Å². The van der Waals surface area contributed by atoms with Crippen LogP contribution in [0.15, 0.2) is 47.1 Å². The van der Waals surface area contributed by atoms with Crippen LogP contribution in [0.25, 0.3) is 0 Å². The van der Waals surface area contributed by atoms with E-state index in [-0.39, 0.29) is 6.04 Å². The number of hydrogen-bond donors (Lipinski definition) is 1. The highest BCUT2D eigenvalue weighted by Gasteiger charge is 2.17. The Balaban J connectivity index is 2.06. The third-order valence-electron chi connectivity index (χ3n) is 3.18. The third kappa shape index (κ3) is 3.00. The Morgan fingerprint density at radius 2 is 1.94 bits per heavy atom. The molecule has 0 saturated carbocycles. The van der Waals surface area contributed by atoms with Crippen molar-refractivity contribution in [2.75, 3.05) is 13.6 Å². The molecule has 3 nitrogen and oxygen atoms in total. The molecule has 1 atom stereocenters. The molecule has 2 N–H and O–H groups in total. The lowest BCUT2D eigenvalue weighted by molar-refractivity contribution is 0.213. The van der Waals surface area contributed by atoms with Crippen LogP contribution >= 0.6 is 0 Å². The van der Waals surface area contributed by atoms with Crippen molar-refractivity contribution in [3.63, 3.8) is 0 Å². The highest BCUT2D eigenvalue weighted by Crippen LogP contribution is 2.20. The normalized spacial score (nSPS) is 12.9. The fraction of sp³-hybridized carbons (Fsp3) is 0.333. The average molecular weight is 244 g/mol. The first-order valence-electron chi connectivity index (χ1n) is 6.20. The van der Waals surface area contributed by atoms with E-state index in [2.05, 4.69) is 43.1 Å². The van der Waals surface area contributed by atoms with Gasteiger partial charge in [0.05, 0.1) is 12.3 Å². The zero-order valence-electron chi connectivity index (χ0n) is 11.0. The summed E-state index contributed by atoms with van der Waals surface area (Å²) in [6.45, 7) is 3.51. The van der Waals surface area contributed by atoms with Crippen LogP contribution in [0.1, 0.15) is 22.9 Å². The van der Waals surface area contributed by atoms with Crippen molar-refractivity contribution in [2.45, 2.75) is 19.5 Å². The van der Waals surface area contributed by atoms with Crippen molar-refractivity contribution in [3.8, 4) is 0 Å². The summed E-state index contributed by atoms with van der Waals surface area (Å²) in [6.07, 6.45) is 1.69. The van der Waals surface area contributed by atoms with Crippen LogP contribution in [0.3, 0.4) is 0 Å². The second kappa shape index (κ2) is 5.85. The zero-order chi connectivity index (χ0) is 13.0. The highest BCUT2D eigenvalue weighted by atomic mass is 16.3. The van der Waals surface area contributed by atoms with E-state index in [0.717, 1.165) is 12.3 Å². The molecule has 0 aliphatic rings. The number of benzene rings is 1. The number of aryl methyl sites for hydroxylation is 1. The number of hydrogen-bond acceptors (Lipinski definition) is 3. The SMILES string of the molecule is Cc1ccc(CN(C)C(CN)c2ccco2)cc1. The zero-order valence-corrected chi connectivity index (χ0v) is 11.0. The van der Waals surface area contributed by atoms with E-state index < -0.39 is 0 Å². The van der Waals surface area contributed by atoms with Gasteiger partial charge in [-0.05, 0) is 31.7 Å². The molecule has 0 aliphatic heterocycles. The van der Waals surface area contributed by atoms with Crippen molar-refractivity contribution >= 4 is 0 Å². The van der Waals surface area contributed by atoms with Gasteiger partial charge in [0.25, 0.3) is 0 Å². The Morgan fingerprint density at radius 1 is 1.22 bits per heavy atom. The second-order valence-corrected chi connectivity index (χ2v) is 4.67. The first kappa shape index (κ1) is 12.9. The first-order valence-corrected chi connectivity index (χ1v) is 6.20. The highest BCUT2D eigenvalue weighted by molar-refractivity contribution is 5.21. The van der Waals surface area contributed by atoms with Gasteiger partial charge < -0.3 is 10.2 Å². The molecular formula is C15H20N2O. The lowest BCUT2D eigenvalue weighted by atomic mass is 10.1. The molecule has 1 aromatic heterocycles. The van der Waals surface area contributed by atoms with Gasteiger partial charge in [-0.15, -0.1) is 0 Å². The molecule has 0 spiro atoms. The molecule has 0 amide bonds. The summed E-state index contributed by atoms with van der Waals surface area (Å²) in [5.41, 5.74) is 8.41. The van der Waals surface area contributed by atoms with E-state index in [1.165, 1.54) is 11.1 Å². The van der Waals surface area contributed by atoms with Crippen LogP contribution in [-0.4, -0.2) is 18.5 Å². The Morgan fingerprint density at radius 3 is 2.50 bits per heavy atom. The smallest absolute Gasteiger partial charge is 0.122 e. The van der Waals surface area contributed by atoms with E-state index in [1.54, 1.807) is 6.26 Å². The number of nitrogens with zero attached hydrogens (tertiary/aromatic N) is 1. The Labute approximate surface area is 108 Å². The van der Waals surface area contributed by atoms with Gasteiger partial charge in [0, 0.05) is 13.1 Å². The minimum atomic E-state index is 0.126. The monoisotopic (exact) mass is 244 g/mol. The van der Waals surface area contributed by atoms with Crippen molar-refractivity contribution < 1.29 is 4.42 Å². The van der Waals surface area contributed by atoms with Crippen LogP contribution in [0.5, 0.6) is 0 Å². The molecule has 0 aliphatic carbocycles. The molecule has 96 valence electrons. The van der Waals surface area contributed by atoms with Gasteiger partial charge >= 0.3 is 0 Å². The van der Waals surface area contributed by atoms with Crippen LogP contribution in [-0.2, 0) is 6.54 Å². The average Bonchev–Trinajstić information content (AvgIpc) is 2.87. The van der Waals surface area contributed by atoms with Crippen molar-refractivity contribution in [3.05, 3.63) is 59.5 Å². The molecule has 3 heteroatoms. The number of nitrogens with two attached hydrogens (primary N) is 1. The molecule has 1 heterocycles. The predicted molar refractivity (Wildman–Crippen MR) is 73.1 cm³/mol. The molecule has 0 radical (unpaired) electrons. The topological polar surface area (TPSA) is 42.4 Å². The molecule has 0 saturated heterocycles. The fourth-order valence-electron chi connectivity index (χ4n) is 2.09. The summed E-state index contributed by atoms with van der Waals surface area (Å²) >= 11 is 0. The van der Waals surface area contributed by atoms with Gasteiger partial charge in [-0.3, -0.25) is 4.90 Å². The van der Waals surface area contributed by atoms with Gasteiger partial charge in [0.1, 0.15) is 5.76 Å². The van der Waals surface area contributed by atoms with Crippen LogP contribution in [0.2, 0.25) is 0 Å². The molecule has 0 fully saturated rings. The predicted octanol–water partition coefficient (Wildman–Crippen LogP) is 2.72. The molecular weight excluding hydrogens is 224 g/mol. The van der Waals surface area contributed by atoms with E-state index in [0.29, 0.717) is 6.54 Å². The molecule has 1 unspecified atom stereocenters. The Hall–Kier alpha value is -1.58. The molecule has 2 aromatic rings. The molecule has 18 heavy (non-hydrogen) atoms. The minimum Gasteiger partial charge on any atom is -0.468 e. The third-order valence-corrected chi connectivity index (χ3v) is 3.18. The summed E-state index contributed by atoms with van der Waals surface area (Å²) in [5.74, 6) is 0.923. The number of rotatable bonds is 5. The van der Waals surface area contributed by atoms with Crippen molar-refractivity contribution in [1.82, 2.24) is 4.90 Å². The van der Waals surface area contributed by atoms with Gasteiger partial charge in [-0.25, -0.2) is 0 Å². The summed E-state index contributed by atoms with van der Waals surface area (Å²) in [6, 6.07) is 12.6. The Bertz CT molecular complexity index is 462.